The van der Waals surface area contributed by atoms with Crippen LogP contribution in [-0.2, 0) is 24.2 Å². The van der Waals surface area contributed by atoms with Gasteiger partial charge < -0.3 is 9.88 Å². The normalized spacial score (nSPS) is 17.3. The van der Waals surface area contributed by atoms with E-state index in [4.69, 9.17) is 0 Å². The molecule has 1 aliphatic carbocycles. The van der Waals surface area contributed by atoms with Gasteiger partial charge >= 0.3 is 0 Å². The van der Waals surface area contributed by atoms with E-state index in [-0.39, 0.29) is 23.2 Å². The van der Waals surface area contributed by atoms with Gasteiger partial charge in [0, 0.05) is 25.3 Å². The molecule has 2 heterocycles. The summed E-state index contributed by atoms with van der Waals surface area (Å²) in [5.41, 5.74) is 1.92. The standard InChI is InChI=1S/C20H22FN3O2/c21-15-7-3-4-13(10-15)11-18-22-17-8-9-24(12-16(17)19(25)23-18)20(26)14-5-1-2-6-14/h3-4,7,10,14H,1-2,5-6,8-9,11-12H2,(H,22,23,25). The third-order valence-electron chi connectivity index (χ3n) is 5.39. The molecule has 1 aliphatic heterocycles. The largest absolute Gasteiger partial charge is 0.337 e. The number of rotatable bonds is 3. The lowest BCUT2D eigenvalue weighted by atomic mass is 10.0. The molecular formula is C20H22FN3O2. The van der Waals surface area contributed by atoms with Gasteiger partial charge in [0.1, 0.15) is 11.6 Å². The molecule has 6 heteroatoms. The highest BCUT2D eigenvalue weighted by Crippen LogP contribution is 2.28. The molecule has 1 aromatic heterocycles. The third-order valence-corrected chi connectivity index (χ3v) is 5.39. The first-order valence-electron chi connectivity index (χ1n) is 9.24. The fraction of sp³-hybridized carbons (Fsp3) is 0.450. The molecule has 2 aromatic rings. The monoisotopic (exact) mass is 355 g/mol. The summed E-state index contributed by atoms with van der Waals surface area (Å²) in [5, 5.41) is 0. The van der Waals surface area contributed by atoms with Gasteiger partial charge in [-0.3, -0.25) is 9.59 Å². The summed E-state index contributed by atoms with van der Waals surface area (Å²) in [6.07, 6.45) is 5.13. The van der Waals surface area contributed by atoms with Gasteiger partial charge in [-0.2, -0.15) is 0 Å². The van der Waals surface area contributed by atoms with Crippen LogP contribution in [0, 0.1) is 11.7 Å². The number of nitrogens with zero attached hydrogens (tertiary/aromatic N) is 2. The maximum absolute atomic E-state index is 13.3. The summed E-state index contributed by atoms with van der Waals surface area (Å²) in [6.45, 7) is 0.950. The zero-order valence-electron chi connectivity index (χ0n) is 14.6. The fourth-order valence-electron chi connectivity index (χ4n) is 4.02. The molecule has 0 spiro atoms. The quantitative estimate of drug-likeness (QED) is 0.920. The molecule has 1 saturated carbocycles. The highest BCUT2D eigenvalue weighted by Gasteiger charge is 2.30. The molecule has 1 amide bonds. The van der Waals surface area contributed by atoms with Crippen molar-refractivity contribution < 1.29 is 9.18 Å². The molecule has 1 fully saturated rings. The summed E-state index contributed by atoms with van der Waals surface area (Å²) in [4.78, 5) is 34.3. The van der Waals surface area contributed by atoms with Crippen molar-refractivity contribution >= 4 is 5.91 Å². The number of aromatic nitrogens is 2. The number of fused-ring (bicyclic) bond motifs is 1. The van der Waals surface area contributed by atoms with Crippen LogP contribution in [0.25, 0.3) is 0 Å². The average molecular weight is 355 g/mol. The molecule has 136 valence electrons. The Bertz CT molecular complexity index is 887. The van der Waals surface area contributed by atoms with E-state index < -0.39 is 0 Å². The van der Waals surface area contributed by atoms with E-state index >= 15 is 0 Å². The Hall–Kier alpha value is -2.50. The molecule has 5 nitrogen and oxygen atoms in total. The van der Waals surface area contributed by atoms with Gasteiger partial charge in [-0.15, -0.1) is 0 Å². The molecule has 1 N–H and O–H groups in total. The van der Waals surface area contributed by atoms with Gasteiger partial charge in [0.2, 0.25) is 5.91 Å². The van der Waals surface area contributed by atoms with Crippen LogP contribution >= 0.6 is 0 Å². The first kappa shape index (κ1) is 16.9. The van der Waals surface area contributed by atoms with E-state index in [0.29, 0.717) is 37.3 Å². The SMILES string of the molecule is O=C(C1CCCC1)N1CCc2nc(Cc3cccc(F)c3)[nH]c(=O)c2C1. The number of hydrogen-bond acceptors (Lipinski definition) is 3. The number of amides is 1. The minimum Gasteiger partial charge on any atom is -0.337 e. The van der Waals surface area contributed by atoms with Gasteiger partial charge in [0.05, 0.1) is 17.8 Å². The lowest BCUT2D eigenvalue weighted by Gasteiger charge is -2.30. The number of aromatic amines is 1. The molecule has 0 unspecified atom stereocenters. The Morgan fingerprint density at radius 2 is 2.12 bits per heavy atom. The van der Waals surface area contributed by atoms with E-state index in [2.05, 4.69) is 9.97 Å². The van der Waals surface area contributed by atoms with Crippen molar-refractivity contribution in [2.75, 3.05) is 6.54 Å². The topological polar surface area (TPSA) is 66.1 Å². The van der Waals surface area contributed by atoms with Gasteiger partial charge in [0.15, 0.2) is 0 Å². The summed E-state index contributed by atoms with van der Waals surface area (Å²) in [7, 11) is 0. The minimum absolute atomic E-state index is 0.121. The number of benzene rings is 1. The van der Waals surface area contributed by atoms with Crippen LogP contribution in [0.4, 0.5) is 4.39 Å². The fourth-order valence-corrected chi connectivity index (χ4v) is 4.02. The van der Waals surface area contributed by atoms with E-state index in [1.165, 1.54) is 12.1 Å². The molecule has 0 saturated heterocycles. The Balaban J connectivity index is 1.53. The van der Waals surface area contributed by atoms with Crippen LogP contribution in [0.5, 0.6) is 0 Å². The molecule has 4 rings (SSSR count). The lowest BCUT2D eigenvalue weighted by Crippen LogP contribution is -2.42. The van der Waals surface area contributed by atoms with Crippen molar-refractivity contribution in [2.45, 2.75) is 45.1 Å². The van der Waals surface area contributed by atoms with Crippen molar-refractivity contribution in [3.63, 3.8) is 0 Å². The van der Waals surface area contributed by atoms with Crippen LogP contribution in [0.2, 0.25) is 0 Å². The number of nitrogens with one attached hydrogen (secondary N) is 1. The molecule has 0 radical (unpaired) electrons. The first-order chi connectivity index (χ1) is 12.6. The number of carbonyl (C=O) groups excluding carboxylic acids is 1. The van der Waals surface area contributed by atoms with Crippen molar-refractivity contribution in [3.05, 3.63) is 63.1 Å². The predicted octanol–water partition coefficient (Wildman–Crippen LogP) is 2.57. The lowest BCUT2D eigenvalue weighted by molar-refractivity contribution is -0.136. The van der Waals surface area contributed by atoms with E-state index in [1.54, 1.807) is 6.07 Å². The summed E-state index contributed by atoms with van der Waals surface area (Å²) in [5.74, 6) is 0.533. The molecule has 0 atom stereocenters. The molecule has 0 bridgehead atoms. The third kappa shape index (κ3) is 3.41. The van der Waals surface area contributed by atoms with Crippen molar-refractivity contribution in [1.29, 1.82) is 0 Å². The molecule has 1 aromatic carbocycles. The van der Waals surface area contributed by atoms with Crippen molar-refractivity contribution in [2.24, 2.45) is 5.92 Å². The van der Waals surface area contributed by atoms with Crippen molar-refractivity contribution in [1.82, 2.24) is 14.9 Å². The predicted molar refractivity (Wildman–Crippen MR) is 95.1 cm³/mol. The molecule has 2 aliphatic rings. The van der Waals surface area contributed by atoms with Crippen molar-refractivity contribution in [3.8, 4) is 0 Å². The second-order valence-corrected chi connectivity index (χ2v) is 7.24. The second-order valence-electron chi connectivity index (χ2n) is 7.24. The minimum atomic E-state index is -0.302. The van der Waals surface area contributed by atoms with E-state index in [0.717, 1.165) is 36.9 Å². The van der Waals surface area contributed by atoms with Gasteiger partial charge in [0.25, 0.3) is 5.56 Å². The van der Waals surface area contributed by atoms with Gasteiger partial charge in [-0.25, -0.2) is 9.37 Å². The van der Waals surface area contributed by atoms with Crippen LogP contribution in [0.15, 0.2) is 29.1 Å². The summed E-state index contributed by atoms with van der Waals surface area (Å²) in [6, 6.07) is 6.29. The van der Waals surface area contributed by atoms with Crippen LogP contribution in [-0.4, -0.2) is 27.3 Å². The smallest absolute Gasteiger partial charge is 0.256 e. The summed E-state index contributed by atoms with van der Waals surface area (Å²) >= 11 is 0. The Morgan fingerprint density at radius 1 is 1.31 bits per heavy atom. The number of carbonyl (C=O) groups is 1. The maximum atomic E-state index is 13.3. The van der Waals surface area contributed by atoms with Crippen LogP contribution in [0.3, 0.4) is 0 Å². The summed E-state index contributed by atoms with van der Waals surface area (Å²) < 4.78 is 13.3. The van der Waals surface area contributed by atoms with Gasteiger partial charge in [-0.1, -0.05) is 25.0 Å². The Morgan fingerprint density at radius 3 is 2.88 bits per heavy atom. The van der Waals surface area contributed by atoms with Gasteiger partial charge in [-0.05, 0) is 30.5 Å². The average Bonchev–Trinajstić information content (AvgIpc) is 3.15. The molecule has 26 heavy (non-hydrogen) atoms. The maximum Gasteiger partial charge on any atom is 0.256 e. The van der Waals surface area contributed by atoms with E-state index in [1.807, 2.05) is 11.0 Å². The Kier molecular flexibility index (Phi) is 4.57. The van der Waals surface area contributed by atoms with Crippen LogP contribution in [0.1, 0.15) is 48.3 Å². The molecular weight excluding hydrogens is 333 g/mol. The Labute approximate surface area is 151 Å². The second kappa shape index (κ2) is 7.02. The number of hydrogen-bond donors (Lipinski definition) is 1. The number of H-pyrrole nitrogens is 1. The highest BCUT2D eigenvalue weighted by atomic mass is 19.1. The highest BCUT2D eigenvalue weighted by molar-refractivity contribution is 5.79. The van der Waals surface area contributed by atoms with Crippen LogP contribution < -0.4 is 5.56 Å². The van der Waals surface area contributed by atoms with E-state index in [9.17, 15) is 14.0 Å². The first-order valence-corrected chi connectivity index (χ1v) is 9.24. The number of halogens is 1. The zero-order valence-corrected chi connectivity index (χ0v) is 14.6. The zero-order chi connectivity index (χ0) is 18.1.